The molecule has 0 aromatic carbocycles. The van der Waals surface area contributed by atoms with Gasteiger partial charge in [-0.05, 0) is 19.3 Å². The lowest BCUT2D eigenvalue weighted by atomic mass is 10.4. The van der Waals surface area contributed by atoms with Gasteiger partial charge in [-0.25, -0.2) is 0 Å². The Morgan fingerprint density at radius 3 is 2.83 bits per heavy atom. The average Bonchev–Trinajstić information content (AvgIpc) is 2.79. The Bertz CT molecular complexity index is 199. The molecular formula is C8H16N2OS. The van der Waals surface area contributed by atoms with E-state index in [4.69, 9.17) is 5.73 Å². The maximum absolute atomic E-state index is 10.7. The SMILES string of the molecule is CS(=O)CCCN=C(N)C1CC1. The van der Waals surface area contributed by atoms with E-state index < -0.39 is 10.8 Å². The molecule has 1 aliphatic rings. The van der Waals surface area contributed by atoms with Crippen LogP contribution in [0.4, 0.5) is 0 Å². The van der Waals surface area contributed by atoms with Crippen molar-refractivity contribution in [3.05, 3.63) is 0 Å². The van der Waals surface area contributed by atoms with Crippen LogP contribution in [-0.4, -0.2) is 28.6 Å². The summed E-state index contributed by atoms with van der Waals surface area (Å²) in [7, 11) is -0.685. The Morgan fingerprint density at radius 1 is 1.67 bits per heavy atom. The van der Waals surface area contributed by atoms with Crippen molar-refractivity contribution >= 4 is 16.6 Å². The summed E-state index contributed by atoms with van der Waals surface area (Å²) in [5, 5.41) is 0. The molecule has 4 heteroatoms. The molecule has 1 aliphatic carbocycles. The lowest BCUT2D eigenvalue weighted by Crippen LogP contribution is -2.14. The first-order valence-corrected chi connectivity index (χ1v) is 6.02. The highest BCUT2D eigenvalue weighted by Gasteiger charge is 2.24. The lowest BCUT2D eigenvalue weighted by Gasteiger charge is -1.96. The lowest BCUT2D eigenvalue weighted by molar-refractivity contribution is 0.684. The van der Waals surface area contributed by atoms with E-state index in [1.807, 2.05) is 0 Å². The molecule has 2 N–H and O–H groups in total. The van der Waals surface area contributed by atoms with Crippen molar-refractivity contribution < 1.29 is 4.21 Å². The molecule has 0 aromatic heterocycles. The molecular weight excluding hydrogens is 172 g/mol. The monoisotopic (exact) mass is 188 g/mol. The second-order valence-corrected chi connectivity index (χ2v) is 4.77. The van der Waals surface area contributed by atoms with E-state index >= 15 is 0 Å². The Labute approximate surface area is 75.9 Å². The summed E-state index contributed by atoms with van der Waals surface area (Å²) in [6, 6.07) is 0. The van der Waals surface area contributed by atoms with Gasteiger partial charge in [0.1, 0.15) is 0 Å². The van der Waals surface area contributed by atoms with Crippen molar-refractivity contribution in [1.29, 1.82) is 0 Å². The zero-order valence-corrected chi connectivity index (χ0v) is 8.27. The Morgan fingerprint density at radius 2 is 2.33 bits per heavy atom. The van der Waals surface area contributed by atoms with Crippen molar-refractivity contribution in [2.75, 3.05) is 18.6 Å². The van der Waals surface area contributed by atoms with Crippen molar-refractivity contribution in [2.45, 2.75) is 19.3 Å². The highest BCUT2D eigenvalue weighted by Crippen LogP contribution is 2.28. The third kappa shape index (κ3) is 3.85. The zero-order valence-electron chi connectivity index (χ0n) is 7.45. The van der Waals surface area contributed by atoms with Crippen LogP contribution in [-0.2, 0) is 10.8 Å². The molecule has 3 nitrogen and oxygen atoms in total. The minimum atomic E-state index is -0.685. The molecule has 1 fully saturated rings. The van der Waals surface area contributed by atoms with Crippen molar-refractivity contribution in [3.8, 4) is 0 Å². The third-order valence-corrected chi connectivity index (χ3v) is 2.74. The number of nitrogens with zero attached hydrogens (tertiary/aromatic N) is 1. The fourth-order valence-corrected chi connectivity index (χ4v) is 1.52. The predicted molar refractivity (Wildman–Crippen MR) is 52.8 cm³/mol. The van der Waals surface area contributed by atoms with Crippen LogP contribution in [0.2, 0.25) is 0 Å². The number of hydrogen-bond acceptors (Lipinski definition) is 2. The van der Waals surface area contributed by atoms with Crippen LogP contribution in [0.15, 0.2) is 4.99 Å². The van der Waals surface area contributed by atoms with Crippen LogP contribution in [0.5, 0.6) is 0 Å². The summed E-state index contributed by atoms with van der Waals surface area (Å²) in [6.45, 7) is 0.738. The molecule has 0 amide bonds. The van der Waals surface area contributed by atoms with Gasteiger partial charge in [0.2, 0.25) is 0 Å². The van der Waals surface area contributed by atoms with Gasteiger partial charge in [-0.2, -0.15) is 0 Å². The van der Waals surface area contributed by atoms with Crippen molar-refractivity contribution in [2.24, 2.45) is 16.6 Å². The first-order valence-electron chi connectivity index (χ1n) is 4.30. The van der Waals surface area contributed by atoms with Gasteiger partial charge in [0.25, 0.3) is 0 Å². The van der Waals surface area contributed by atoms with Gasteiger partial charge in [-0.3, -0.25) is 9.20 Å². The quantitative estimate of drug-likeness (QED) is 0.388. The van der Waals surface area contributed by atoms with E-state index in [1.54, 1.807) is 6.26 Å². The van der Waals surface area contributed by atoms with E-state index in [1.165, 1.54) is 12.8 Å². The number of rotatable bonds is 5. The van der Waals surface area contributed by atoms with Crippen LogP contribution >= 0.6 is 0 Å². The second-order valence-electron chi connectivity index (χ2n) is 3.21. The fraction of sp³-hybridized carbons (Fsp3) is 0.875. The topological polar surface area (TPSA) is 55.5 Å². The molecule has 0 heterocycles. The molecule has 0 radical (unpaired) electrons. The van der Waals surface area contributed by atoms with Crippen LogP contribution in [0.1, 0.15) is 19.3 Å². The highest BCUT2D eigenvalue weighted by atomic mass is 32.2. The molecule has 0 spiro atoms. The van der Waals surface area contributed by atoms with Gasteiger partial charge < -0.3 is 5.73 Å². The summed E-state index contributed by atoms with van der Waals surface area (Å²) in [4.78, 5) is 4.22. The van der Waals surface area contributed by atoms with Gasteiger partial charge in [0.05, 0.1) is 5.84 Å². The average molecular weight is 188 g/mol. The number of aliphatic imine (C=N–C) groups is 1. The van der Waals surface area contributed by atoms with Gasteiger partial charge in [0, 0.05) is 35.3 Å². The number of nitrogens with two attached hydrogens (primary N) is 1. The van der Waals surface area contributed by atoms with Gasteiger partial charge in [-0.15, -0.1) is 0 Å². The molecule has 0 bridgehead atoms. The van der Waals surface area contributed by atoms with Gasteiger partial charge in [-0.1, -0.05) is 0 Å². The normalized spacial score (nSPS) is 20.9. The first kappa shape index (κ1) is 9.71. The molecule has 12 heavy (non-hydrogen) atoms. The van der Waals surface area contributed by atoms with Crippen molar-refractivity contribution in [3.63, 3.8) is 0 Å². The summed E-state index contributed by atoms with van der Waals surface area (Å²) >= 11 is 0. The van der Waals surface area contributed by atoms with Gasteiger partial charge in [0.15, 0.2) is 0 Å². The Kier molecular flexibility index (Phi) is 3.72. The van der Waals surface area contributed by atoms with Crippen LogP contribution < -0.4 is 5.73 Å². The molecule has 1 unspecified atom stereocenters. The molecule has 0 saturated heterocycles. The predicted octanol–water partition coefficient (Wildman–Crippen LogP) is 0.522. The highest BCUT2D eigenvalue weighted by molar-refractivity contribution is 7.84. The molecule has 1 atom stereocenters. The number of amidine groups is 1. The van der Waals surface area contributed by atoms with E-state index in [-0.39, 0.29) is 0 Å². The standard InChI is InChI=1S/C8H16N2OS/c1-12(11)6-2-5-10-8(9)7-3-4-7/h7H,2-6H2,1H3,(H2,9,10). The van der Waals surface area contributed by atoms with E-state index in [2.05, 4.69) is 4.99 Å². The van der Waals surface area contributed by atoms with Crippen LogP contribution in [0.3, 0.4) is 0 Å². The van der Waals surface area contributed by atoms with Crippen LogP contribution in [0, 0.1) is 5.92 Å². The fourth-order valence-electron chi connectivity index (χ4n) is 0.984. The third-order valence-electron chi connectivity index (χ3n) is 1.88. The van der Waals surface area contributed by atoms with Crippen LogP contribution in [0.25, 0.3) is 0 Å². The van der Waals surface area contributed by atoms with E-state index in [9.17, 15) is 4.21 Å². The minimum absolute atomic E-state index is 0.567. The van der Waals surface area contributed by atoms with Crippen molar-refractivity contribution in [1.82, 2.24) is 0 Å². The molecule has 70 valence electrons. The molecule has 1 saturated carbocycles. The second kappa shape index (κ2) is 4.60. The minimum Gasteiger partial charge on any atom is -0.387 e. The van der Waals surface area contributed by atoms with Gasteiger partial charge >= 0.3 is 0 Å². The molecule has 0 aromatic rings. The largest absolute Gasteiger partial charge is 0.387 e. The summed E-state index contributed by atoms with van der Waals surface area (Å²) < 4.78 is 10.7. The molecule has 0 aliphatic heterocycles. The molecule has 1 rings (SSSR count). The Hall–Kier alpha value is -0.380. The zero-order chi connectivity index (χ0) is 8.97. The smallest absolute Gasteiger partial charge is 0.0968 e. The Balaban J connectivity index is 2.07. The summed E-state index contributed by atoms with van der Waals surface area (Å²) in [6.07, 6.45) is 5.01. The van der Waals surface area contributed by atoms with E-state index in [0.29, 0.717) is 5.92 Å². The maximum atomic E-state index is 10.7. The summed E-state index contributed by atoms with van der Waals surface area (Å²) in [5.74, 6) is 2.11. The maximum Gasteiger partial charge on any atom is 0.0968 e. The first-order chi connectivity index (χ1) is 5.70. The summed E-state index contributed by atoms with van der Waals surface area (Å²) in [5.41, 5.74) is 5.67. The number of hydrogen-bond donors (Lipinski definition) is 1. The van der Waals surface area contributed by atoms with E-state index in [0.717, 1.165) is 24.6 Å².